The van der Waals surface area contributed by atoms with Gasteiger partial charge in [0.15, 0.2) is 0 Å². The maximum Gasteiger partial charge on any atom is 0.243 e. The summed E-state index contributed by atoms with van der Waals surface area (Å²) in [5.74, 6) is 0.335. The molecule has 0 bridgehead atoms. The van der Waals surface area contributed by atoms with Gasteiger partial charge in [-0.25, -0.2) is 13.4 Å². The number of benzene rings is 1. The quantitative estimate of drug-likeness (QED) is 0.657. The van der Waals surface area contributed by atoms with Crippen LogP contribution < -0.4 is 5.32 Å². The van der Waals surface area contributed by atoms with Crippen LogP contribution in [0.2, 0.25) is 0 Å². The van der Waals surface area contributed by atoms with Crippen molar-refractivity contribution in [1.82, 2.24) is 24.1 Å². The van der Waals surface area contributed by atoms with E-state index in [0.29, 0.717) is 30.9 Å². The van der Waals surface area contributed by atoms with Crippen molar-refractivity contribution in [3.8, 4) is 0 Å². The normalized spacial score (nSPS) is 15.5. The molecule has 1 aliphatic heterocycles. The number of carbonyl (C=O) groups excluding carboxylic acids is 2. The second-order valence-corrected chi connectivity index (χ2v) is 11.7. The van der Waals surface area contributed by atoms with Gasteiger partial charge in [0.2, 0.25) is 21.8 Å². The zero-order valence-corrected chi connectivity index (χ0v) is 21.0. The summed E-state index contributed by atoms with van der Waals surface area (Å²) < 4.78 is 29.4. The number of carbonyl (C=O) groups is 2. The van der Waals surface area contributed by atoms with E-state index in [2.05, 4.69) is 10.3 Å². The number of rotatable bonds is 7. The van der Waals surface area contributed by atoms with Crippen LogP contribution in [0.4, 0.5) is 0 Å². The van der Waals surface area contributed by atoms with Crippen LogP contribution in [0.5, 0.6) is 0 Å². The van der Waals surface area contributed by atoms with Crippen molar-refractivity contribution in [3.05, 3.63) is 24.0 Å². The Balaban J connectivity index is 1.68. The molecular formula is C23H35N5O4S. The lowest BCUT2D eigenvalue weighted by atomic mass is 10.1. The lowest BCUT2D eigenvalue weighted by Crippen LogP contribution is -2.46. The number of hydrogen-bond donors (Lipinski definition) is 1. The molecule has 0 aliphatic carbocycles. The fraction of sp³-hybridized carbons (Fsp3) is 0.609. The van der Waals surface area contributed by atoms with Crippen molar-refractivity contribution in [2.75, 3.05) is 26.7 Å². The molecule has 0 unspecified atom stereocenters. The zero-order chi connectivity index (χ0) is 24.4. The van der Waals surface area contributed by atoms with Gasteiger partial charge in [-0.05, 0) is 51.8 Å². The second kappa shape index (κ2) is 9.80. The molecule has 182 valence electrons. The first-order chi connectivity index (χ1) is 15.4. The van der Waals surface area contributed by atoms with Crippen LogP contribution in [0.25, 0.3) is 11.0 Å². The molecule has 2 heterocycles. The molecule has 9 nitrogen and oxygen atoms in total. The van der Waals surface area contributed by atoms with Gasteiger partial charge in [-0.2, -0.15) is 4.31 Å². The zero-order valence-electron chi connectivity index (χ0n) is 20.2. The molecule has 1 aliphatic rings. The average molecular weight is 478 g/mol. The van der Waals surface area contributed by atoms with E-state index in [1.54, 1.807) is 29.6 Å². The number of fused-ring (bicyclic) bond motifs is 1. The Morgan fingerprint density at radius 2 is 1.82 bits per heavy atom. The van der Waals surface area contributed by atoms with Crippen molar-refractivity contribution >= 4 is 32.9 Å². The number of piperidine rings is 1. The van der Waals surface area contributed by atoms with E-state index in [1.165, 1.54) is 4.90 Å². The summed E-state index contributed by atoms with van der Waals surface area (Å²) >= 11 is 0. The lowest BCUT2D eigenvalue weighted by molar-refractivity contribution is -0.135. The Hall–Kier alpha value is -2.46. The molecule has 1 aromatic carbocycles. The summed E-state index contributed by atoms with van der Waals surface area (Å²) in [5, 5.41) is 2.84. The van der Waals surface area contributed by atoms with Gasteiger partial charge in [-0.1, -0.05) is 6.42 Å². The third-order valence-electron chi connectivity index (χ3n) is 5.78. The van der Waals surface area contributed by atoms with Gasteiger partial charge < -0.3 is 14.8 Å². The summed E-state index contributed by atoms with van der Waals surface area (Å²) in [6.45, 7) is 6.77. The average Bonchev–Trinajstić information content (AvgIpc) is 3.06. The molecular weight excluding hydrogens is 442 g/mol. The van der Waals surface area contributed by atoms with Crippen LogP contribution in [0, 0.1) is 0 Å². The first-order valence-corrected chi connectivity index (χ1v) is 12.8. The first-order valence-electron chi connectivity index (χ1n) is 11.4. The van der Waals surface area contributed by atoms with Crippen LogP contribution in [0.15, 0.2) is 23.1 Å². The van der Waals surface area contributed by atoms with E-state index >= 15 is 0 Å². The Morgan fingerprint density at radius 1 is 1.15 bits per heavy atom. The number of amides is 2. The summed E-state index contributed by atoms with van der Waals surface area (Å²) in [6.07, 6.45) is 3.42. The standard InChI is InChI=1S/C23H35N5O4S/c1-23(2,3)25-21(29)16-26(4)22(30)12-11-20-24-18-15-17(9-10-19(18)27(20)5)33(31,32)28-13-7-6-8-14-28/h9-10,15H,6-8,11-14,16H2,1-5H3,(H,25,29). The highest BCUT2D eigenvalue weighted by Gasteiger charge is 2.26. The monoisotopic (exact) mass is 477 g/mol. The summed E-state index contributed by atoms with van der Waals surface area (Å²) in [5.41, 5.74) is 1.05. The molecule has 0 radical (unpaired) electrons. The summed E-state index contributed by atoms with van der Waals surface area (Å²) in [7, 11) is -0.0694. The highest BCUT2D eigenvalue weighted by atomic mass is 32.2. The lowest BCUT2D eigenvalue weighted by Gasteiger charge is -2.25. The second-order valence-electron chi connectivity index (χ2n) is 9.75. The topological polar surface area (TPSA) is 105 Å². The van der Waals surface area contributed by atoms with Crippen molar-refractivity contribution in [2.24, 2.45) is 7.05 Å². The van der Waals surface area contributed by atoms with Crippen molar-refractivity contribution in [3.63, 3.8) is 0 Å². The van der Waals surface area contributed by atoms with Gasteiger partial charge >= 0.3 is 0 Å². The maximum absolute atomic E-state index is 13.0. The SMILES string of the molecule is CN(CC(=O)NC(C)(C)C)C(=O)CCc1nc2cc(S(=O)(=O)N3CCCCC3)ccc2n1C. The smallest absolute Gasteiger partial charge is 0.243 e. The number of nitrogens with one attached hydrogen (secondary N) is 1. The van der Waals surface area contributed by atoms with E-state index in [1.807, 2.05) is 32.4 Å². The van der Waals surface area contributed by atoms with Gasteiger partial charge in [-0.15, -0.1) is 0 Å². The molecule has 0 saturated carbocycles. The third kappa shape index (κ3) is 6.11. The molecule has 0 spiro atoms. The van der Waals surface area contributed by atoms with Crippen LogP contribution in [-0.2, 0) is 33.1 Å². The molecule has 10 heteroatoms. The minimum atomic E-state index is -3.53. The molecule has 1 N–H and O–H groups in total. The summed E-state index contributed by atoms with van der Waals surface area (Å²) in [4.78, 5) is 30.9. The number of aromatic nitrogens is 2. The number of nitrogens with zero attached hydrogens (tertiary/aromatic N) is 4. The van der Waals surface area contributed by atoms with Crippen LogP contribution in [0.1, 0.15) is 52.3 Å². The molecule has 2 amide bonds. The van der Waals surface area contributed by atoms with E-state index in [0.717, 1.165) is 24.8 Å². The molecule has 1 fully saturated rings. The maximum atomic E-state index is 13.0. The first kappa shape index (κ1) is 25.2. The Bertz CT molecular complexity index is 1130. The van der Waals surface area contributed by atoms with E-state index in [4.69, 9.17) is 0 Å². The predicted octanol–water partition coefficient (Wildman–Crippen LogP) is 2.05. The van der Waals surface area contributed by atoms with Crippen LogP contribution in [0.3, 0.4) is 0 Å². The summed E-state index contributed by atoms with van der Waals surface area (Å²) in [6, 6.07) is 5.02. The largest absolute Gasteiger partial charge is 0.350 e. The molecule has 1 aromatic heterocycles. The van der Waals surface area contributed by atoms with Gasteiger partial charge in [0.1, 0.15) is 5.82 Å². The van der Waals surface area contributed by atoms with E-state index in [-0.39, 0.29) is 35.2 Å². The number of aryl methyl sites for hydroxylation is 2. The van der Waals surface area contributed by atoms with Crippen molar-refractivity contribution in [2.45, 2.75) is 63.3 Å². The fourth-order valence-electron chi connectivity index (χ4n) is 4.04. The Kier molecular flexibility index (Phi) is 7.48. The van der Waals surface area contributed by atoms with Crippen LogP contribution >= 0.6 is 0 Å². The van der Waals surface area contributed by atoms with Crippen LogP contribution in [-0.4, -0.2) is 71.2 Å². The molecule has 33 heavy (non-hydrogen) atoms. The van der Waals surface area contributed by atoms with E-state index in [9.17, 15) is 18.0 Å². The molecule has 2 aromatic rings. The van der Waals surface area contributed by atoms with E-state index < -0.39 is 10.0 Å². The Labute approximate surface area is 196 Å². The van der Waals surface area contributed by atoms with Crippen molar-refractivity contribution < 1.29 is 18.0 Å². The fourth-order valence-corrected chi connectivity index (χ4v) is 5.58. The Morgan fingerprint density at radius 3 is 2.45 bits per heavy atom. The number of sulfonamides is 1. The minimum absolute atomic E-state index is 0.00361. The molecule has 0 atom stereocenters. The highest BCUT2D eigenvalue weighted by molar-refractivity contribution is 7.89. The number of imidazole rings is 1. The van der Waals surface area contributed by atoms with Gasteiger partial charge in [0.25, 0.3) is 0 Å². The molecule has 1 saturated heterocycles. The number of likely N-dealkylation sites (N-methyl/N-ethyl adjacent to an activating group) is 1. The van der Waals surface area contributed by atoms with Gasteiger partial charge in [0, 0.05) is 45.6 Å². The minimum Gasteiger partial charge on any atom is -0.350 e. The van der Waals surface area contributed by atoms with Crippen molar-refractivity contribution in [1.29, 1.82) is 0 Å². The molecule has 3 rings (SSSR count). The predicted molar refractivity (Wildman–Crippen MR) is 127 cm³/mol. The van der Waals surface area contributed by atoms with Gasteiger partial charge in [-0.3, -0.25) is 9.59 Å². The van der Waals surface area contributed by atoms with Gasteiger partial charge in [0.05, 0.1) is 22.5 Å². The third-order valence-corrected chi connectivity index (χ3v) is 7.68. The number of hydrogen-bond acceptors (Lipinski definition) is 5. The highest BCUT2D eigenvalue weighted by Crippen LogP contribution is 2.25.